The van der Waals surface area contributed by atoms with Crippen molar-refractivity contribution >= 4 is 0 Å². The molecule has 4 aliphatic rings. The van der Waals surface area contributed by atoms with Crippen LogP contribution in [0.1, 0.15) is 32.1 Å². The van der Waals surface area contributed by atoms with Gasteiger partial charge < -0.3 is 0 Å². The fourth-order valence-electron chi connectivity index (χ4n) is 4.55. The molecular weight excluding hydrogens is 312 g/mol. The van der Waals surface area contributed by atoms with Gasteiger partial charge in [-0.2, -0.15) is 0 Å². The molecule has 0 bridgehead atoms. The third kappa shape index (κ3) is 3.46. The Morgan fingerprint density at radius 1 is 0.808 bits per heavy atom. The molecule has 0 saturated carbocycles. The van der Waals surface area contributed by atoms with Gasteiger partial charge in [0.05, 0.1) is 0 Å². The van der Waals surface area contributed by atoms with E-state index in [9.17, 15) is 0 Å². The molecule has 4 aliphatic carbocycles. The first-order chi connectivity index (χ1) is 12.9. The first-order valence-electron chi connectivity index (χ1n) is 10.0. The van der Waals surface area contributed by atoms with Gasteiger partial charge in [0.2, 0.25) is 0 Å². The lowest BCUT2D eigenvalue weighted by Gasteiger charge is -2.22. The molecule has 0 saturated heterocycles. The number of unbranched alkanes of at least 4 members (excludes halogenated alkanes) is 2. The second kappa shape index (κ2) is 7.91. The van der Waals surface area contributed by atoms with E-state index < -0.39 is 0 Å². The van der Waals surface area contributed by atoms with E-state index in [1.165, 1.54) is 36.0 Å². The number of hydrogen-bond donors (Lipinski definition) is 0. The molecule has 0 heteroatoms. The van der Waals surface area contributed by atoms with Crippen LogP contribution in [0.15, 0.2) is 108 Å². The van der Waals surface area contributed by atoms with Gasteiger partial charge in [-0.15, -0.1) is 6.58 Å². The van der Waals surface area contributed by atoms with Gasteiger partial charge in [0.1, 0.15) is 0 Å². The minimum atomic E-state index is 0.493. The van der Waals surface area contributed by atoms with E-state index in [1.807, 2.05) is 6.08 Å². The highest BCUT2D eigenvalue weighted by atomic mass is 14.3. The Balaban J connectivity index is 1.57. The average molecular weight is 341 g/mol. The topological polar surface area (TPSA) is 0 Å². The van der Waals surface area contributed by atoms with Gasteiger partial charge in [0.15, 0.2) is 0 Å². The van der Waals surface area contributed by atoms with E-state index in [0.717, 1.165) is 12.8 Å². The average Bonchev–Trinajstić information content (AvgIpc) is 3.29. The monoisotopic (exact) mass is 340 g/mol. The standard InChI is InChI=1S/C26H28/c1-2-3-4-5-12-22(26-18-17-21-11-7-9-14-25(21)26)19-23-16-15-20-10-6-8-13-24(20)23/h2,6-11,13-18,20-22H,1,3-5,12,19H2. The van der Waals surface area contributed by atoms with E-state index in [4.69, 9.17) is 0 Å². The van der Waals surface area contributed by atoms with Crippen LogP contribution in [0.2, 0.25) is 0 Å². The van der Waals surface area contributed by atoms with E-state index in [-0.39, 0.29) is 0 Å². The Kier molecular flexibility index (Phi) is 5.20. The Hall–Kier alpha value is -2.34. The molecule has 4 rings (SSSR count). The number of rotatable bonds is 8. The smallest absolute Gasteiger partial charge is 0.0207 e. The van der Waals surface area contributed by atoms with Crippen LogP contribution in [0.3, 0.4) is 0 Å². The molecule has 132 valence electrons. The Morgan fingerprint density at radius 2 is 1.54 bits per heavy atom. The molecule has 0 aromatic rings. The minimum absolute atomic E-state index is 0.493. The molecule has 0 fully saturated rings. The fraction of sp³-hybridized carbons (Fsp3) is 0.308. The van der Waals surface area contributed by atoms with Gasteiger partial charge in [0.25, 0.3) is 0 Å². The zero-order valence-corrected chi connectivity index (χ0v) is 15.5. The highest BCUT2D eigenvalue weighted by Gasteiger charge is 2.26. The summed E-state index contributed by atoms with van der Waals surface area (Å²) in [5, 5.41) is 0. The van der Waals surface area contributed by atoms with Gasteiger partial charge in [-0.25, -0.2) is 0 Å². The SMILES string of the molecule is C=CCCCCC(CC1=C2C=CC=CC2C=C1)C1=C2C=CC=CC2C=C1. The van der Waals surface area contributed by atoms with Crippen LogP contribution in [0, 0.1) is 17.8 Å². The van der Waals surface area contributed by atoms with Crippen molar-refractivity contribution in [2.45, 2.75) is 32.1 Å². The van der Waals surface area contributed by atoms with E-state index >= 15 is 0 Å². The number of hydrogen-bond acceptors (Lipinski definition) is 0. The van der Waals surface area contributed by atoms with Crippen LogP contribution >= 0.6 is 0 Å². The van der Waals surface area contributed by atoms with Gasteiger partial charge >= 0.3 is 0 Å². The van der Waals surface area contributed by atoms with Crippen LogP contribution in [0.25, 0.3) is 0 Å². The molecule has 0 N–H and O–H groups in total. The van der Waals surface area contributed by atoms with Crippen molar-refractivity contribution in [1.82, 2.24) is 0 Å². The predicted molar refractivity (Wildman–Crippen MR) is 113 cm³/mol. The molecule has 0 amide bonds. The summed E-state index contributed by atoms with van der Waals surface area (Å²) < 4.78 is 0. The minimum Gasteiger partial charge on any atom is -0.103 e. The number of allylic oxidation sites excluding steroid dienone is 17. The molecule has 3 unspecified atom stereocenters. The van der Waals surface area contributed by atoms with E-state index in [0.29, 0.717) is 17.8 Å². The molecule has 0 aromatic heterocycles. The molecule has 0 radical (unpaired) electrons. The summed E-state index contributed by atoms with van der Waals surface area (Å²) in [5.74, 6) is 1.60. The van der Waals surface area contributed by atoms with Crippen molar-refractivity contribution in [3.05, 3.63) is 108 Å². The van der Waals surface area contributed by atoms with Crippen molar-refractivity contribution in [3.63, 3.8) is 0 Å². The Morgan fingerprint density at radius 3 is 2.35 bits per heavy atom. The zero-order chi connectivity index (χ0) is 17.8. The van der Waals surface area contributed by atoms with E-state index in [1.54, 1.807) is 5.57 Å². The molecule has 0 heterocycles. The third-order valence-corrected chi connectivity index (χ3v) is 5.94. The van der Waals surface area contributed by atoms with Crippen LogP contribution in [0.5, 0.6) is 0 Å². The lowest BCUT2D eigenvalue weighted by Crippen LogP contribution is -2.08. The van der Waals surface area contributed by atoms with Crippen LogP contribution in [-0.4, -0.2) is 0 Å². The second-order valence-corrected chi connectivity index (χ2v) is 7.62. The molecule has 0 aliphatic heterocycles. The number of fused-ring (bicyclic) bond motifs is 2. The maximum Gasteiger partial charge on any atom is 0.0207 e. The highest BCUT2D eigenvalue weighted by molar-refractivity contribution is 5.52. The van der Waals surface area contributed by atoms with Crippen LogP contribution in [0.4, 0.5) is 0 Å². The third-order valence-electron chi connectivity index (χ3n) is 5.94. The Labute approximate surface area is 158 Å². The summed E-state index contributed by atoms with van der Waals surface area (Å²) in [7, 11) is 0. The molecular formula is C26H28. The van der Waals surface area contributed by atoms with Crippen molar-refractivity contribution in [2.75, 3.05) is 0 Å². The maximum atomic E-state index is 3.87. The van der Waals surface area contributed by atoms with Crippen molar-refractivity contribution in [2.24, 2.45) is 17.8 Å². The Bertz CT molecular complexity index is 801. The lowest BCUT2D eigenvalue weighted by atomic mass is 9.82. The van der Waals surface area contributed by atoms with Gasteiger partial charge in [-0.1, -0.05) is 85.4 Å². The highest BCUT2D eigenvalue weighted by Crippen LogP contribution is 2.41. The van der Waals surface area contributed by atoms with Gasteiger partial charge in [-0.3, -0.25) is 0 Å². The quantitative estimate of drug-likeness (QED) is 0.331. The summed E-state index contributed by atoms with van der Waals surface area (Å²) in [4.78, 5) is 0. The van der Waals surface area contributed by atoms with Crippen molar-refractivity contribution < 1.29 is 0 Å². The van der Waals surface area contributed by atoms with Gasteiger partial charge in [-0.05, 0) is 53.9 Å². The molecule has 3 atom stereocenters. The van der Waals surface area contributed by atoms with Crippen molar-refractivity contribution in [3.8, 4) is 0 Å². The predicted octanol–water partition coefficient (Wildman–Crippen LogP) is 6.96. The van der Waals surface area contributed by atoms with Gasteiger partial charge in [0, 0.05) is 11.8 Å². The van der Waals surface area contributed by atoms with E-state index in [2.05, 4.69) is 79.5 Å². The summed E-state index contributed by atoms with van der Waals surface area (Å²) in [5.41, 5.74) is 6.12. The summed E-state index contributed by atoms with van der Waals surface area (Å²) in [6.07, 6.45) is 35.6. The summed E-state index contributed by atoms with van der Waals surface area (Å²) in [6, 6.07) is 0. The van der Waals surface area contributed by atoms with Crippen LogP contribution in [-0.2, 0) is 0 Å². The molecule has 26 heavy (non-hydrogen) atoms. The summed E-state index contributed by atoms with van der Waals surface area (Å²) >= 11 is 0. The van der Waals surface area contributed by atoms with Crippen LogP contribution < -0.4 is 0 Å². The zero-order valence-electron chi connectivity index (χ0n) is 15.5. The molecule has 0 spiro atoms. The largest absolute Gasteiger partial charge is 0.103 e. The lowest BCUT2D eigenvalue weighted by molar-refractivity contribution is 0.526. The normalized spacial score (nSPS) is 26.0. The van der Waals surface area contributed by atoms with Crippen molar-refractivity contribution in [1.29, 1.82) is 0 Å². The maximum absolute atomic E-state index is 3.87. The fourth-order valence-corrected chi connectivity index (χ4v) is 4.55. The first kappa shape index (κ1) is 17.1. The first-order valence-corrected chi connectivity index (χ1v) is 10.0. The molecule has 0 aromatic carbocycles. The molecule has 0 nitrogen and oxygen atoms in total. The summed E-state index contributed by atoms with van der Waals surface area (Å²) in [6.45, 7) is 3.87. The second-order valence-electron chi connectivity index (χ2n) is 7.62.